The maximum atomic E-state index is 12.2. The number of rotatable bonds is 6. The van der Waals surface area contributed by atoms with Gasteiger partial charge in [-0.1, -0.05) is 22.0 Å². The molecule has 5 nitrogen and oxygen atoms in total. The summed E-state index contributed by atoms with van der Waals surface area (Å²) in [6.45, 7) is 1.73. The molecule has 0 aliphatic carbocycles. The number of anilines is 2. The fraction of sp³-hybridized carbons (Fsp3) is 0.250. The highest BCUT2D eigenvalue weighted by atomic mass is 79.9. The normalized spacial score (nSPS) is 10.5. The molecule has 2 aromatic rings. The molecular formula is C16H19BrN4O. The van der Waals surface area contributed by atoms with Crippen molar-refractivity contribution in [3.63, 3.8) is 0 Å². The molecule has 0 spiro atoms. The van der Waals surface area contributed by atoms with E-state index < -0.39 is 0 Å². The van der Waals surface area contributed by atoms with E-state index in [1.54, 1.807) is 12.3 Å². The van der Waals surface area contributed by atoms with Crippen LogP contribution in [-0.4, -0.2) is 43.0 Å². The van der Waals surface area contributed by atoms with Gasteiger partial charge in [-0.05, 0) is 44.4 Å². The molecule has 0 aliphatic heterocycles. The Morgan fingerprint density at radius 2 is 2.05 bits per heavy atom. The van der Waals surface area contributed by atoms with Crippen LogP contribution < -0.4 is 10.6 Å². The molecule has 2 N–H and O–H groups in total. The minimum absolute atomic E-state index is 0.227. The molecule has 0 fully saturated rings. The van der Waals surface area contributed by atoms with E-state index >= 15 is 0 Å². The van der Waals surface area contributed by atoms with Gasteiger partial charge >= 0.3 is 0 Å². The number of carbonyl (C=O) groups is 1. The summed E-state index contributed by atoms with van der Waals surface area (Å²) in [5, 5.41) is 6.11. The van der Waals surface area contributed by atoms with Gasteiger partial charge < -0.3 is 15.5 Å². The number of hydrogen-bond acceptors (Lipinski definition) is 4. The first kappa shape index (κ1) is 16.5. The molecule has 0 saturated carbocycles. The van der Waals surface area contributed by atoms with Crippen LogP contribution in [0.4, 0.5) is 11.4 Å². The van der Waals surface area contributed by atoms with E-state index in [1.165, 1.54) is 0 Å². The van der Waals surface area contributed by atoms with Crippen molar-refractivity contribution in [3.8, 4) is 0 Å². The summed E-state index contributed by atoms with van der Waals surface area (Å²) >= 11 is 3.38. The third-order valence-corrected chi connectivity index (χ3v) is 3.46. The van der Waals surface area contributed by atoms with Crippen LogP contribution in [-0.2, 0) is 0 Å². The Kier molecular flexibility index (Phi) is 5.91. The third-order valence-electron chi connectivity index (χ3n) is 2.96. The van der Waals surface area contributed by atoms with Crippen molar-refractivity contribution in [3.05, 3.63) is 52.8 Å². The molecule has 0 bridgehead atoms. The van der Waals surface area contributed by atoms with E-state index in [2.05, 4.69) is 36.4 Å². The molecule has 22 heavy (non-hydrogen) atoms. The van der Waals surface area contributed by atoms with Gasteiger partial charge in [-0.3, -0.25) is 9.78 Å². The number of nitrogens with one attached hydrogen (secondary N) is 2. The summed E-state index contributed by atoms with van der Waals surface area (Å²) in [5.74, 6) is -0.227. The van der Waals surface area contributed by atoms with E-state index in [-0.39, 0.29) is 5.91 Å². The fourth-order valence-corrected chi connectivity index (χ4v) is 2.25. The molecular weight excluding hydrogens is 344 g/mol. The van der Waals surface area contributed by atoms with Gasteiger partial charge in [0.2, 0.25) is 0 Å². The summed E-state index contributed by atoms with van der Waals surface area (Å²) in [4.78, 5) is 18.5. The quantitative estimate of drug-likeness (QED) is 0.828. The number of benzene rings is 1. The molecule has 2 rings (SSSR count). The van der Waals surface area contributed by atoms with Crippen LogP contribution in [0.1, 0.15) is 10.5 Å². The summed E-state index contributed by atoms with van der Waals surface area (Å²) < 4.78 is 0.914. The van der Waals surface area contributed by atoms with Crippen LogP contribution in [0.2, 0.25) is 0 Å². The molecule has 0 aliphatic rings. The maximum absolute atomic E-state index is 12.2. The average molecular weight is 363 g/mol. The average Bonchev–Trinajstić information content (AvgIpc) is 2.47. The first-order valence-electron chi connectivity index (χ1n) is 6.96. The van der Waals surface area contributed by atoms with Crippen LogP contribution in [0.15, 0.2) is 47.1 Å². The minimum atomic E-state index is -0.227. The van der Waals surface area contributed by atoms with Gasteiger partial charge in [0.15, 0.2) is 0 Å². The van der Waals surface area contributed by atoms with Crippen molar-refractivity contribution in [2.75, 3.05) is 37.8 Å². The number of nitrogens with zero attached hydrogens (tertiary/aromatic N) is 2. The topological polar surface area (TPSA) is 57.3 Å². The Hall–Kier alpha value is -1.92. The first-order chi connectivity index (χ1) is 10.5. The van der Waals surface area contributed by atoms with Crippen LogP contribution >= 0.6 is 15.9 Å². The smallest absolute Gasteiger partial charge is 0.274 e. The number of hydrogen-bond donors (Lipinski definition) is 2. The second kappa shape index (κ2) is 7.91. The predicted octanol–water partition coefficient (Wildman–Crippen LogP) is 3.07. The monoisotopic (exact) mass is 362 g/mol. The lowest BCUT2D eigenvalue weighted by Gasteiger charge is -2.12. The highest BCUT2D eigenvalue weighted by molar-refractivity contribution is 9.10. The SMILES string of the molecule is CN(C)CCNc1ccnc(C(=O)Nc2cccc(Br)c2)c1. The second-order valence-electron chi connectivity index (χ2n) is 5.12. The Morgan fingerprint density at radius 1 is 1.23 bits per heavy atom. The van der Waals surface area contributed by atoms with E-state index in [1.807, 2.05) is 44.4 Å². The number of likely N-dealkylation sites (N-methyl/N-ethyl adjacent to an activating group) is 1. The second-order valence-corrected chi connectivity index (χ2v) is 6.04. The molecule has 1 aromatic heterocycles. The largest absolute Gasteiger partial charge is 0.384 e. The molecule has 1 amide bonds. The van der Waals surface area contributed by atoms with Crippen molar-refractivity contribution >= 4 is 33.2 Å². The summed E-state index contributed by atoms with van der Waals surface area (Å²) in [6.07, 6.45) is 1.63. The van der Waals surface area contributed by atoms with Crippen LogP contribution in [0, 0.1) is 0 Å². The molecule has 1 heterocycles. The minimum Gasteiger partial charge on any atom is -0.384 e. The lowest BCUT2D eigenvalue weighted by atomic mass is 10.2. The summed E-state index contributed by atoms with van der Waals surface area (Å²) in [7, 11) is 4.04. The van der Waals surface area contributed by atoms with Gasteiger partial charge in [-0.15, -0.1) is 0 Å². The van der Waals surface area contributed by atoms with Crippen molar-refractivity contribution in [2.24, 2.45) is 0 Å². The Balaban J connectivity index is 2.00. The predicted molar refractivity (Wildman–Crippen MR) is 93.4 cm³/mol. The van der Waals surface area contributed by atoms with Crippen molar-refractivity contribution < 1.29 is 4.79 Å². The zero-order valence-electron chi connectivity index (χ0n) is 12.6. The van der Waals surface area contributed by atoms with Gasteiger partial charge in [0.05, 0.1) is 0 Å². The van der Waals surface area contributed by atoms with Crippen LogP contribution in [0.5, 0.6) is 0 Å². The lowest BCUT2D eigenvalue weighted by molar-refractivity contribution is 0.102. The lowest BCUT2D eigenvalue weighted by Crippen LogP contribution is -2.21. The summed E-state index contributed by atoms with van der Waals surface area (Å²) in [5.41, 5.74) is 2.00. The number of aromatic nitrogens is 1. The Labute approximate surface area is 138 Å². The van der Waals surface area contributed by atoms with Gasteiger partial charge in [-0.2, -0.15) is 0 Å². The molecule has 1 aromatic carbocycles. The number of halogens is 1. The van der Waals surface area contributed by atoms with E-state index in [0.717, 1.165) is 28.9 Å². The zero-order valence-corrected chi connectivity index (χ0v) is 14.2. The summed E-state index contributed by atoms with van der Waals surface area (Å²) in [6, 6.07) is 11.1. The van der Waals surface area contributed by atoms with Gasteiger partial charge in [0, 0.05) is 35.1 Å². The Bertz CT molecular complexity index is 646. The fourth-order valence-electron chi connectivity index (χ4n) is 1.85. The third kappa shape index (κ3) is 5.13. The molecule has 0 unspecified atom stereocenters. The van der Waals surface area contributed by atoms with E-state index in [0.29, 0.717) is 5.69 Å². The maximum Gasteiger partial charge on any atom is 0.274 e. The molecule has 0 saturated heterocycles. The highest BCUT2D eigenvalue weighted by Crippen LogP contribution is 2.16. The van der Waals surface area contributed by atoms with Crippen LogP contribution in [0.3, 0.4) is 0 Å². The zero-order chi connectivity index (χ0) is 15.9. The van der Waals surface area contributed by atoms with Crippen molar-refractivity contribution in [1.29, 1.82) is 0 Å². The number of carbonyl (C=O) groups excluding carboxylic acids is 1. The number of amides is 1. The highest BCUT2D eigenvalue weighted by Gasteiger charge is 2.08. The Morgan fingerprint density at radius 3 is 2.77 bits per heavy atom. The molecule has 6 heteroatoms. The van der Waals surface area contributed by atoms with Gasteiger partial charge in [0.1, 0.15) is 5.69 Å². The standard InChI is InChI=1S/C16H19BrN4O/c1-21(2)9-8-18-13-6-7-19-15(11-13)16(22)20-14-5-3-4-12(17)10-14/h3-7,10-11H,8-9H2,1-2H3,(H,18,19)(H,20,22). The molecule has 0 radical (unpaired) electrons. The first-order valence-corrected chi connectivity index (χ1v) is 7.75. The molecule has 116 valence electrons. The van der Waals surface area contributed by atoms with Crippen LogP contribution in [0.25, 0.3) is 0 Å². The van der Waals surface area contributed by atoms with E-state index in [4.69, 9.17) is 0 Å². The van der Waals surface area contributed by atoms with Gasteiger partial charge in [-0.25, -0.2) is 0 Å². The van der Waals surface area contributed by atoms with Crippen molar-refractivity contribution in [2.45, 2.75) is 0 Å². The van der Waals surface area contributed by atoms with E-state index in [9.17, 15) is 4.79 Å². The van der Waals surface area contributed by atoms with Gasteiger partial charge in [0.25, 0.3) is 5.91 Å². The van der Waals surface area contributed by atoms with Crippen molar-refractivity contribution in [1.82, 2.24) is 9.88 Å². The number of pyridine rings is 1. The molecule has 0 atom stereocenters.